The summed E-state index contributed by atoms with van der Waals surface area (Å²) in [5, 5.41) is 7.63. The number of ether oxygens (including phenoxy) is 1. The fourth-order valence-electron chi connectivity index (χ4n) is 2.24. The van der Waals surface area contributed by atoms with Gasteiger partial charge in [0.2, 0.25) is 0 Å². The van der Waals surface area contributed by atoms with Crippen molar-refractivity contribution < 1.29 is 9.53 Å². The number of piperidine rings is 1. The van der Waals surface area contributed by atoms with E-state index in [0.29, 0.717) is 22.4 Å². The molecule has 2 rings (SSSR count). The van der Waals surface area contributed by atoms with Crippen molar-refractivity contribution in [2.75, 3.05) is 45.3 Å². The number of carbonyl (C=O) groups is 1. The number of nitrogens with one attached hydrogen (secondary N) is 2. The number of nitrogens with zero attached hydrogens (tertiary/aromatic N) is 1. The van der Waals surface area contributed by atoms with Crippen molar-refractivity contribution in [2.24, 2.45) is 0 Å². The highest BCUT2D eigenvalue weighted by Gasteiger charge is 2.24. The van der Waals surface area contributed by atoms with E-state index in [4.69, 9.17) is 10.5 Å². The van der Waals surface area contributed by atoms with Crippen LogP contribution in [0.1, 0.15) is 22.5 Å². The van der Waals surface area contributed by atoms with Crippen molar-refractivity contribution in [3.8, 4) is 5.75 Å². The fraction of sp³-hybridized carbons (Fsp3) is 0.615. The van der Waals surface area contributed by atoms with Gasteiger partial charge in [-0.25, -0.2) is 0 Å². The predicted molar refractivity (Wildman–Crippen MR) is 82.8 cm³/mol. The Morgan fingerprint density at radius 2 is 2.10 bits per heavy atom. The third-order valence-corrected chi connectivity index (χ3v) is 4.48. The number of anilines is 2. The van der Waals surface area contributed by atoms with Gasteiger partial charge < -0.3 is 26.0 Å². The average Bonchev–Trinajstić information content (AvgIpc) is 2.75. The average molecular weight is 298 g/mol. The van der Waals surface area contributed by atoms with Crippen molar-refractivity contribution >= 4 is 27.9 Å². The number of methoxy groups -OCH3 is 1. The van der Waals surface area contributed by atoms with Crippen molar-refractivity contribution in [3.63, 3.8) is 0 Å². The Kier molecular flexibility index (Phi) is 4.72. The molecule has 7 heteroatoms. The molecule has 0 aliphatic carbocycles. The number of nitrogens with two attached hydrogens (primary N) is 1. The van der Waals surface area contributed by atoms with Crippen LogP contribution in [0.5, 0.6) is 5.75 Å². The minimum Gasteiger partial charge on any atom is -0.492 e. The van der Waals surface area contributed by atoms with Crippen molar-refractivity contribution in [1.29, 1.82) is 0 Å². The molecule has 20 heavy (non-hydrogen) atoms. The predicted octanol–water partition coefficient (Wildman–Crippen LogP) is 1.20. The van der Waals surface area contributed by atoms with E-state index >= 15 is 0 Å². The van der Waals surface area contributed by atoms with E-state index in [1.54, 1.807) is 21.2 Å². The molecular weight excluding hydrogens is 276 g/mol. The molecule has 0 aromatic carbocycles. The van der Waals surface area contributed by atoms with Gasteiger partial charge in [0.25, 0.3) is 5.91 Å². The molecule has 1 fully saturated rings. The summed E-state index contributed by atoms with van der Waals surface area (Å²) in [5.74, 6) is 0.489. The number of thiophene rings is 1. The van der Waals surface area contributed by atoms with Crippen molar-refractivity contribution in [1.82, 2.24) is 10.2 Å². The molecule has 112 valence electrons. The molecule has 4 N–H and O–H groups in total. The van der Waals surface area contributed by atoms with Gasteiger partial charge in [-0.1, -0.05) is 0 Å². The highest BCUT2D eigenvalue weighted by molar-refractivity contribution is 7.19. The second-order valence-electron chi connectivity index (χ2n) is 5.08. The summed E-state index contributed by atoms with van der Waals surface area (Å²) in [6.45, 7) is 2.01. The molecule has 0 saturated carbocycles. The van der Waals surface area contributed by atoms with Crippen LogP contribution in [0.25, 0.3) is 0 Å². The molecule has 6 nitrogen and oxygen atoms in total. The smallest absolute Gasteiger partial charge is 0.265 e. The van der Waals surface area contributed by atoms with Gasteiger partial charge in [0.1, 0.15) is 15.6 Å². The minimum atomic E-state index is -0.0934. The van der Waals surface area contributed by atoms with Gasteiger partial charge in [-0.3, -0.25) is 4.79 Å². The number of carbonyl (C=O) groups excluding carboxylic acids is 1. The van der Waals surface area contributed by atoms with E-state index in [1.165, 1.54) is 16.2 Å². The molecule has 2 heterocycles. The Hall–Kier alpha value is -1.47. The lowest BCUT2D eigenvalue weighted by atomic mass is 10.1. The van der Waals surface area contributed by atoms with Crippen molar-refractivity contribution in [3.05, 3.63) is 4.88 Å². The second-order valence-corrected chi connectivity index (χ2v) is 6.10. The Morgan fingerprint density at radius 1 is 1.45 bits per heavy atom. The number of rotatable bonds is 4. The van der Waals surface area contributed by atoms with E-state index in [1.807, 2.05) is 0 Å². The number of nitrogen functional groups attached to an aromatic ring is 1. The van der Waals surface area contributed by atoms with Gasteiger partial charge in [-0.15, -0.1) is 11.3 Å². The van der Waals surface area contributed by atoms with Crippen LogP contribution < -0.4 is 21.1 Å². The second kappa shape index (κ2) is 6.32. The maximum Gasteiger partial charge on any atom is 0.265 e. The topological polar surface area (TPSA) is 79.6 Å². The maximum atomic E-state index is 12.1. The molecule has 0 radical (unpaired) electrons. The Bertz CT molecular complexity index is 481. The molecular formula is C13H22N4O2S. The van der Waals surface area contributed by atoms with Crippen LogP contribution in [0.2, 0.25) is 0 Å². The van der Waals surface area contributed by atoms with Crippen LogP contribution in [0.15, 0.2) is 0 Å². The number of amides is 1. The first-order valence-electron chi connectivity index (χ1n) is 6.69. The van der Waals surface area contributed by atoms with E-state index in [9.17, 15) is 4.79 Å². The van der Waals surface area contributed by atoms with Gasteiger partial charge >= 0.3 is 0 Å². The zero-order valence-corrected chi connectivity index (χ0v) is 13.0. The fourth-order valence-corrected chi connectivity index (χ4v) is 3.43. The van der Waals surface area contributed by atoms with Crippen LogP contribution in [0.4, 0.5) is 10.7 Å². The van der Waals surface area contributed by atoms with E-state index in [2.05, 4.69) is 10.6 Å². The first-order valence-corrected chi connectivity index (χ1v) is 7.51. The zero-order valence-electron chi connectivity index (χ0n) is 12.2. The Labute approximate surface area is 123 Å². The van der Waals surface area contributed by atoms with E-state index in [-0.39, 0.29) is 5.91 Å². The molecule has 1 aliphatic rings. The largest absolute Gasteiger partial charge is 0.492 e. The summed E-state index contributed by atoms with van der Waals surface area (Å²) in [6, 6.07) is 0.394. The third-order valence-electron chi connectivity index (χ3n) is 3.38. The lowest BCUT2D eigenvalue weighted by Crippen LogP contribution is -2.35. The molecule has 1 amide bonds. The molecule has 1 saturated heterocycles. The normalized spacial score (nSPS) is 15.9. The lowest BCUT2D eigenvalue weighted by molar-refractivity contribution is 0.0833. The highest BCUT2D eigenvalue weighted by Crippen LogP contribution is 2.43. The summed E-state index contributed by atoms with van der Waals surface area (Å²) in [7, 11) is 5.01. The van der Waals surface area contributed by atoms with Gasteiger partial charge in [-0.05, 0) is 25.9 Å². The van der Waals surface area contributed by atoms with Crippen LogP contribution in [0, 0.1) is 0 Å². The summed E-state index contributed by atoms with van der Waals surface area (Å²) < 4.78 is 5.36. The summed E-state index contributed by atoms with van der Waals surface area (Å²) in [4.78, 5) is 14.2. The number of hydrogen-bond donors (Lipinski definition) is 3. The summed E-state index contributed by atoms with van der Waals surface area (Å²) in [5.41, 5.74) is 6.47. The highest BCUT2D eigenvalue weighted by atomic mass is 32.1. The first kappa shape index (κ1) is 14.9. The Morgan fingerprint density at radius 3 is 2.65 bits per heavy atom. The van der Waals surface area contributed by atoms with Gasteiger partial charge in [0, 0.05) is 20.1 Å². The van der Waals surface area contributed by atoms with Crippen LogP contribution in [-0.4, -0.2) is 51.1 Å². The summed E-state index contributed by atoms with van der Waals surface area (Å²) >= 11 is 1.37. The molecule has 0 unspecified atom stereocenters. The minimum absolute atomic E-state index is 0.0934. The van der Waals surface area contributed by atoms with Gasteiger partial charge in [0.15, 0.2) is 5.75 Å². The molecule has 0 atom stereocenters. The zero-order chi connectivity index (χ0) is 14.7. The third kappa shape index (κ3) is 2.99. The van der Waals surface area contributed by atoms with Crippen LogP contribution in [-0.2, 0) is 0 Å². The Balaban J connectivity index is 2.23. The van der Waals surface area contributed by atoms with Crippen molar-refractivity contribution in [2.45, 2.75) is 18.9 Å². The molecule has 1 aromatic heterocycles. The monoisotopic (exact) mass is 298 g/mol. The van der Waals surface area contributed by atoms with E-state index in [0.717, 1.165) is 30.9 Å². The maximum absolute atomic E-state index is 12.1. The molecule has 0 bridgehead atoms. The molecule has 1 aromatic rings. The lowest BCUT2D eigenvalue weighted by Gasteiger charge is -2.24. The van der Waals surface area contributed by atoms with Gasteiger partial charge in [-0.2, -0.15) is 0 Å². The van der Waals surface area contributed by atoms with E-state index < -0.39 is 0 Å². The molecule has 1 aliphatic heterocycles. The van der Waals surface area contributed by atoms with Crippen LogP contribution in [0.3, 0.4) is 0 Å². The summed E-state index contributed by atoms with van der Waals surface area (Å²) in [6.07, 6.45) is 2.11. The quantitative estimate of drug-likeness (QED) is 0.778. The van der Waals surface area contributed by atoms with Crippen LogP contribution >= 0.6 is 11.3 Å². The SMILES string of the molecule is COc1c(NC2CCNCC2)sc(C(=O)N(C)C)c1N. The standard InChI is InChI=1S/C13H22N4O2S/c1-17(2)13(18)11-9(14)10(19-3)12(20-11)16-8-4-6-15-7-5-8/h8,15-16H,4-7,14H2,1-3H3. The number of hydrogen-bond acceptors (Lipinski definition) is 6. The first-order chi connectivity index (χ1) is 9.54. The molecule has 0 spiro atoms. The van der Waals surface area contributed by atoms with Gasteiger partial charge in [0.05, 0.1) is 7.11 Å².